The third-order valence-electron chi connectivity index (χ3n) is 2.58. The Hall–Kier alpha value is -0.850. The summed E-state index contributed by atoms with van der Waals surface area (Å²) in [6.07, 6.45) is 3.44. The van der Waals surface area contributed by atoms with Crippen LogP contribution in [0.3, 0.4) is 0 Å². The second-order valence-electron chi connectivity index (χ2n) is 4.41. The summed E-state index contributed by atoms with van der Waals surface area (Å²) in [5.41, 5.74) is 1.87. The van der Waals surface area contributed by atoms with Gasteiger partial charge in [-0.25, -0.2) is 0 Å². The number of aromatic nitrogens is 3. The molecule has 2 heterocycles. The van der Waals surface area contributed by atoms with Crippen LogP contribution in [0.2, 0.25) is 0 Å². The average molecular weight is 328 g/mol. The normalized spacial score (nSPS) is 12.9. The van der Waals surface area contributed by atoms with Gasteiger partial charge in [0.25, 0.3) is 0 Å². The molecule has 0 spiro atoms. The highest BCUT2D eigenvalue weighted by molar-refractivity contribution is 9.10. The Bertz CT molecular complexity index is 530. The second kappa shape index (κ2) is 5.86. The number of halogens is 1. The van der Waals surface area contributed by atoms with E-state index in [0.29, 0.717) is 6.42 Å². The highest BCUT2D eigenvalue weighted by Crippen LogP contribution is 2.28. The molecule has 0 aliphatic rings. The van der Waals surface area contributed by atoms with Crippen LogP contribution in [0.1, 0.15) is 42.0 Å². The number of rotatable bonds is 4. The highest BCUT2D eigenvalue weighted by atomic mass is 79.9. The summed E-state index contributed by atoms with van der Waals surface area (Å²) in [6.45, 7) is 4.10. The molecule has 1 atom stereocenters. The van der Waals surface area contributed by atoms with Crippen LogP contribution in [0.5, 0.6) is 0 Å². The van der Waals surface area contributed by atoms with Gasteiger partial charge >= 0.3 is 0 Å². The molecule has 0 amide bonds. The molecule has 0 aliphatic carbocycles. The maximum absolute atomic E-state index is 10.3. The third-order valence-corrected chi connectivity index (χ3v) is 3.86. The van der Waals surface area contributed by atoms with Gasteiger partial charge in [-0.2, -0.15) is 0 Å². The van der Waals surface area contributed by atoms with Crippen molar-refractivity contribution in [3.8, 4) is 0 Å². The summed E-state index contributed by atoms with van der Waals surface area (Å²) in [5, 5.41) is 14.4. The van der Waals surface area contributed by atoms with Crippen molar-refractivity contribution < 1.29 is 5.11 Å². The smallest absolute Gasteiger partial charge is 0.0957 e. The number of aliphatic hydroxyl groups is 1. The standard InChI is InChI=1S/C12H14BrN3OS/c1-7(2)11-12(18-16-15-11)10(17)4-8-3-9(13)6-14-5-8/h3,5-7,10,17H,4H2,1-2H3. The molecule has 2 rings (SSSR count). The molecule has 4 nitrogen and oxygen atoms in total. The maximum Gasteiger partial charge on any atom is 0.0957 e. The lowest BCUT2D eigenvalue weighted by molar-refractivity contribution is 0.180. The summed E-state index contributed by atoms with van der Waals surface area (Å²) in [6, 6.07) is 1.96. The Morgan fingerprint density at radius 3 is 2.83 bits per heavy atom. The molecule has 0 saturated carbocycles. The van der Waals surface area contributed by atoms with Crippen LogP contribution in [0.25, 0.3) is 0 Å². The molecule has 2 aromatic rings. The van der Waals surface area contributed by atoms with E-state index in [4.69, 9.17) is 0 Å². The van der Waals surface area contributed by atoms with E-state index in [2.05, 4.69) is 30.5 Å². The third kappa shape index (κ3) is 3.13. The van der Waals surface area contributed by atoms with E-state index >= 15 is 0 Å². The lowest BCUT2D eigenvalue weighted by Gasteiger charge is -2.11. The Balaban J connectivity index is 2.17. The molecule has 0 aliphatic heterocycles. The number of hydrogen-bond acceptors (Lipinski definition) is 5. The van der Waals surface area contributed by atoms with Gasteiger partial charge < -0.3 is 5.11 Å². The first kappa shape index (κ1) is 13.6. The number of nitrogens with zero attached hydrogens (tertiary/aromatic N) is 3. The van der Waals surface area contributed by atoms with E-state index < -0.39 is 6.10 Å². The first-order valence-electron chi connectivity index (χ1n) is 5.67. The van der Waals surface area contributed by atoms with Crippen molar-refractivity contribution in [2.24, 2.45) is 0 Å². The molecule has 0 radical (unpaired) electrons. The van der Waals surface area contributed by atoms with E-state index in [0.717, 1.165) is 20.6 Å². The van der Waals surface area contributed by atoms with Gasteiger partial charge in [0, 0.05) is 23.3 Å². The number of aliphatic hydroxyl groups excluding tert-OH is 1. The highest BCUT2D eigenvalue weighted by Gasteiger charge is 2.19. The van der Waals surface area contributed by atoms with E-state index in [1.807, 2.05) is 19.9 Å². The minimum Gasteiger partial charge on any atom is -0.387 e. The fourth-order valence-corrected chi connectivity index (χ4v) is 2.92. The van der Waals surface area contributed by atoms with Crippen molar-refractivity contribution in [1.82, 2.24) is 14.6 Å². The van der Waals surface area contributed by atoms with E-state index in [1.54, 1.807) is 12.4 Å². The molecule has 1 N–H and O–H groups in total. The van der Waals surface area contributed by atoms with Crippen molar-refractivity contribution in [1.29, 1.82) is 0 Å². The van der Waals surface area contributed by atoms with Crippen LogP contribution in [0, 0.1) is 0 Å². The van der Waals surface area contributed by atoms with Crippen LogP contribution in [0.15, 0.2) is 22.9 Å². The predicted molar refractivity (Wildman–Crippen MR) is 74.6 cm³/mol. The molecular formula is C12H14BrN3OS. The lowest BCUT2D eigenvalue weighted by Crippen LogP contribution is -2.04. The van der Waals surface area contributed by atoms with Crippen LogP contribution >= 0.6 is 27.5 Å². The van der Waals surface area contributed by atoms with Gasteiger partial charge in [-0.05, 0) is 45.0 Å². The summed E-state index contributed by atoms with van der Waals surface area (Å²) >= 11 is 4.64. The predicted octanol–water partition coefficient (Wildman–Crippen LogP) is 3.10. The van der Waals surface area contributed by atoms with Gasteiger partial charge in [0.05, 0.1) is 16.7 Å². The number of pyridine rings is 1. The molecule has 0 aromatic carbocycles. The van der Waals surface area contributed by atoms with Gasteiger partial charge in [0.1, 0.15) is 0 Å². The zero-order valence-electron chi connectivity index (χ0n) is 10.2. The lowest BCUT2D eigenvalue weighted by atomic mass is 10.0. The Kier molecular flexibility index (Phi) is 4.42. The molecular weight excluding hydrogens is 314 g/mol. The van der Waals surface area contributed by atoms with Crippen molar-refractivity contribution in [2.45, 2.75) is 32.3 Å². The van der Waals surface area contributed by atoms with Crippen molar-refractivity contribution in [3.63, 3.8) is 0 Å². The van der Waals surface area contributed by atoms with Crippen molar-refractivity contribution in [2.75, 3.05) is 0 Å². The molecule has 0 fully saturated rings. The van der Waals surface area contributed by atoms with Crippen LogP contribution in [-0.4, -0.2) is 19.7 Å². The summed E-state index contributed by atoms with van der Waals surface area (Å²) in [5.74, 6) is 0.272. The van der Waals surface area contributed by atoms with Crippen molar-refractivity contribution >= 4 is 27.5 Å². The summed E-state index contributed by atoms with van der Waals surface area (Å²) in [4.78, 5) is 4.94. The van der Waals surface area contributed by atoms with E-state index in [1.165, 1.54) is 11.5 Å². The van der Waals surface area contributed by atoms with E-state index in [-0.39, 0.29) is 5.92 Å². The van der Waals surface area contributed by atoms with Crippen molar-refractivity contribution in [3.05, 3.63) is 39.1 Å². The minimum atomic E-state index is -0.571. The van der Waals surface area contributed by atoms with Gasteiger partial charge in [-0.3, -0.25) is 4.98 Å². The van der Waals surface area contributed by atoms with Crippen LogP contribution < -0.4 is 0 Å². The Morgan fingerprint density at radius 2 is 2.17 bits per heavy atom. The molecule has 1 unspecified atom stereocenters. The average Bonchev–Trinajstić information content (AvgIpc) is 2.77. The molecule has 0 saturated heterocycles. The number of hydrogen-bond donors (Lipinski definition) is 1. The zero-order chi connectivity index (χ0) is 13.1. The topological polar surface area (TPSA) is 58.9 Å². The SMILES string of the molecule is CC(C)c1nnsc1C(O)Cc1cncc(Br)c1. The molecule has 18 heavy (non-hydrogen) atoms. The first-order chi connectivity index (χ1) is 8.58. The molecule has 96 valence electrons. The largest absolute Gasteiger partial charge is 0.387 e. The zero-order valence-corrected chi connectivity index (χ0v) is 12.6. The van der Waals surface area contributed by atoms with Gasteiger partial charge in [0.15, 0.2) is 0 Å². The summed E-state index contributed by atoms with van der Waals surface area (Å²) in [7, 11) is 0. The maximum atomic E-state index is 10.3. The van der Waals surface area contributed by atoms with Crippen LogP contribution in [-0.2, 0) is 6.42 Å². The van der Waals surface area contributed by atoms with Gasteiger partial charge in [-0.1, -0.05) is 18.3 Å². The van der Waals surface area contributed by atoms with E-state index in [9.17, 15) is 5.11 Å². The van der Waals surface area contributed by atoms with Gasteiger partial charge in [0.2, 0.25) is 0 Å². The summed E-state index contributed by atoms with van der Waals surface area (Å²) < 4.78 is 4.85. The van der Waals surface area contributed by atoms with Crippen LogP contribution in [0.4, 0.5) is 0 Å². The Labute approximate surface area is 118 Å². The fraction of sp³-hybridized carbons (Fsp3) is 0.417. The molecule has 6 heteroatoms. The quantitative estimate of drug-likeness (QED) is 0.937. The monoisotopic (exact) mass is 327 g/mol. The molecule has 2 aromatic heterocycles. The first-order valence-corrected chi connectivity index (χ1v) is 7.24. The molecule has 0 bridgehead atoms. The minimum absolute atomic E-state index is 0.272. The fourth-order valence-electron chi connectivity index (χ4n) is 1.72. The second-order valence-corrected chi connectivity index (χ2v) is 6.11. The van der Waals surface area contributed by atoms with Gasteiger partial charge in [-0.15, -0.1) is 5.10 Å². The Morgan fingerprint density at radius 1 is 1.39 bits per heavy atom.